The maximum absolute atomic E-state index is 11.9. The van der Waals surface area contributed by atoms with Gasteiger partial charge in [0.1, 0.15) is 0 Å². The topological polar surface area (TPSA) is 85.8 Å². The number of carbonyl (C=O) groups is 1. The molecule has 0 bridgehead atoms. The Bertz CT molecular complexity index is 825. The van der Waals surface area contributed by atoms with Gasteiger partial charge in [0.15, 0.2) is 0 Å². The monoisotopic (exact) mass is 305 g/mol. The largest absolute Gasteiger partial charge is 0.368 e. The molecule has 0 spiro atoms. The zero-order chi connectivity index (χ0) is 16.1. The summed E-state index contributed by atoms with van der Waals surface area (Å²) in [6, 6.07) is 18.9. The van der Waals surface area contributed by atoms with Crippen LogP contribution in [0, 0.1) is 0 Å². The average Bonchev–Trinajstić information content (AvgIpc) is 2.95. The predicted molar refractivity (Wildman–Crippen MR) is 89.9 cm³/mol. The third kappa shape index (κ3) is 3.62. The molecule has 0 aliphatic carbocycles. The molecule has 0 atom stereocenters. The lowest BCUT2D eigenvalue weighted by Gasteiger charge is -2.00. The molecule has 0 saturated heterocycles. The van der Waals surface area contributed by atoms with Gasteiger partial charge in [-0.25, -0.2) is 0 Å². The second kappa shape index (κ2) is 6.57. The maximum atomic E-state index is 11.9. The maximum Gasteiger partial charge on any atom is 0.251 e. The Morgan fingerprint density at radius 1 is 1.04 bits per heavy atom. The molecule has 3 rings (SSSR count). The summed E-state index contributed by atoms with van der Waals surface area (Å²) in [6.45, 7) is 0. The van der Waals surface area contributed by atoms with Crippen LogP contribution < -0.4 is 11.1 Å². The van der Waals surface area contributed by atoms with Crippen LogP contribution in [-0.2, 0) is 4.79 Å². The lowest BCUT2D eigenvalue weighted by atomic mass is 10.2. The molecule has 0 unspecified atom stereocenters. The van der Waals surface area contributed by atoms with Gasteiger partial charge in [-0.3, -0.25) is 10.1 Å². The van der Waals surface area contributed by atoms with Crippen LogP contribution in [0.5, 0.6) is 0 Å². The SMILES string of the molecule is Nc1nc(NC(=O)/C=C/c2ccccc2)nn1-c1ccccc1. The minimum absolute atomic E-state index is 0.161. The molecule has 0 saturated carbocycles. The molecule has 23 heavy (non-hydrogen) atoms. The molecule has 1 aromatic heterocycles. The number of nitrogen functional groups attached to an aromatic ring is 1. The van der Waals surface area contributed by atoms with Crippen LogP contribution in [0.2, 0.25) is 0 Å². The Balaban J connectivity index is 1.71. The lowest BCUT2D eigenvalue weighted by molar-refractivity contribution is -0.111. The van der Waals surface area contributed by atoms with Crippen molar-refractivity contribution in [3.05, 3.63) is 72.3 Å². The zero-order valence-electron chi connectivity index (χ0n) is 12.3. The van der Waals surface area contributed by atoms with Gasteiger partial charge in [-0.15, -0.1) is 5.10 Å². The van der Waals surface area contributed by atoms with Crippen molar-refractivity contribution in [2.75, 3.05) is 11.1 Å². The minimum atomic E-state index is -0.320. The highest BCUT2D eigenvalue weighted by atomic mass is 16.1. The Morgan fingerprint density at radius 2 is 1.70 bits per heavy atom. The van der Waals surface area contributed by atoms with E-state index in [1.54, 1.807) is 6.08 Å². The van der Waals surface area contributed by atoms with E-state index in [4.69, 9.17) is 5.73 Å². The number of aromatic nitrogens is 3. The lowest BCUT2D eigenvalue weighted by Crippen LogP contribution is -2.09. The van der Waals surface area contributed by atoms with Crippen LogP contribution in [0.25, 0.3) is 11.8 Å². The first-order valence-corrected chi connectivity index (χ1v) is 7.04. The van der Waals surface area contributed by atoms with Gasteiger partial charge in [-0.1, -0.05) is 48.5 Å². The minimum Gasteiger partial charge on any atom is -0.368 e. The van der Waals surface area contributed by atoms with Gasteiger partial charge in [-0.05, 0) is 23.8 Å². The van der Waals surface area contributed by atoms with Gasteiger partial charge >= 0.3 is 0 Å². The summed E-state index contributed by atoms with van der Waals surface area (Å²) in [6.07, 6.45) is 3.14. The molecule has 3 N–H and O–H groups in total. The van der Waals surface area contributed by atoms with Crippen molar-refractivity contribution in [3.8, 4) is 5.69 Å². The standard InChI is InChI=1S/C17H15N5O/c18-16-20-17(21-22(16)14-9-5-2-6-10-14)19-15(23)12-11-13-7-3-1-4-8-13/h1-12H,(H3,18,19,20,21,23)/b12-11+. The number of hydrogen-bond donors (Lipinski definition) is 2. The van der Waals surface area contributed by atoms with Crippen molar-refractivity contribution in [2.45, 2.75) is 0 Å². The number of anilines is 2. The van der Waals surface area contributed by atoms with E-state index in [2.05, 4.69) is 15.4 Å². The van der Waals surface area contributed by atoms with Gasteiger partial charge in [0.05, 0.1) is 5.69 Å². The first-order chi connectivity index (χ1) is 11.2. The Morgan fingerprint density at radius 3 is 2.39 bits per heavy atom. The summed E-state index contributed by atoms with van der Waals surface area (Å²) in [5.74, 6) is 0.0478. The summed E-state index contributed by atoms with van der Waals surface area (Å²) in [5, 5.41) is 6.78. The van der Waals surface area contributed by atoms with E-state index in [1.165, 1.54) is 10.8 Å². The summed E-state index contributed by atoms with van der Waals surface area (Å²) in [4.78, 5) is 16.0. The van der Waals surface area contributed by atoms with Crippen molar-refractivity contribution in [3.63, 3.8) is 0 Å². The molecule has 0 radical (unpaired) electrons. The summed E-state index contributed by atoms with van der Waals surface area (Å²) in [7, 11) is 0. The summed E-state index contributed by atoms with van der Waals surface area (Å²) >= 11 is 0. The van der Waals surface area contributed by atoms with Crippen molar-refractivity contribution >= 4 is 23.9 Å². The van der Waals surface area contributed by atoms with Crippen LogP contribution in [0.4, 0.5) is 11.9 Å². The number of nitrogens with one attached hydrogen (secondary N) is 1. The Labute approximate surface area is 133 Å². The molecular formula is C17H15N5O. The molecule has 0 fully saturated rings. The highest BCUT2D eigenvalue weighted by Crippen LogP contribution is 2.13. The molecular weight excluding hydrogens is 290 g/mol. The number of benzene rings is 2. The number of nitrogens with two attached hydrogens (primary N) is 1. The fourth-order valence-electron chi connectivity index (χ4n) is 2.02. The normalized spacial score (nSPS) is 10.8. The van der Waals surface area contributed by atoms with Gasteiger partial charge in [0.25, 0.3) is 11.9 Å². The zero-order valence-corrected chi connectivity index (χ0v) is 12.3. The van der Waals surface area contributed by atoms with Gasteiger partial charge in [0.2, 0.25) is 5.95 Å². The second-order valence-electron chi connectivity index (χ2n) is 4.77. The van der Waals surface area contributed by atoms with Crippen molar-refractivity contribution in [1.82, 2.24) is 14.8 Å². The Hall–Kier alpha value is -3.41. The number of carbonyl (C=O) groups excluding carboxylic acids is 1. The summed E-state index contributed by atoms with van der Waals surface area (Å²) in [5.41, 5.74) is 7.55. The molecule has 0 aliphatic heterocycles. The molecule has 1 heterocycles. The molecule has 2 aromatic carbocycles. The third-order valence-corrected chi connectivity index (χ3v) is 3.09. The van der Waals surface area contributed by atoms with Crippen molar-refractivity contribution < 1.29 is 4.79 Å². The van der Waals surface area contributed by atoms with Crippen molar-refractivity contribution in [1.29, 1.82) is 0 Å². The number of para-hydroxylation sites is 1. The number of nitrogens with zero attached hydrogens (tertiary/aromatic N) is 3. The first kappa shape index (κ1) is 14.5. The molecule has 1 amide bonds. The molecule has 3 aromatic rings. The van der Waals surface area contributed by atoms with E-state index in [-0.39, 0.29) is 17.8 Å². The van der Waals surface area contributed by atoms with E-state index < -0.39 is 0 Å². The van der Waals surface area contributed by atoms with Gasteiger partial charge < -0.3 is 5.73 Å². The molecule has 6 heteroatoms. The van der Waals surface area contributed by atoms with Crippen LogP contribution in [0.3, 0.4) is 0 Å². The number of rotatable bonds is 4. The van der Waals surface area contributed by atoms with E-state index in [1.807, 2.05) is 60.7 Å². The first-order valence-electron chi connectivity index (χ1n) is 7.04. The van der Waals surface area contributed by atoms with Crippen LogP contribution in [0.15, 0.2) is 66.7 Å². The highest BCUT2D eigenvalue weighted by molar-refractivity contribution is 6.00. The van der Waals surface area contributed by atoms with Crippen LogP contribution >= 0.6 is 0 Å². The highest BCUT2D eigenvalue weighted by Gasteiger charge is 2.09. The fraction of sp³-hybridized carbons (Fsp3) is 0. The number of amides is 1. The molecule has 0 aliphatic rings. The second-order valence-corrected chi connectivity index (χ2v) is 4.77. The molecule has 114 valence electrons. The van der Waals surface area contributed by atoms with E-state index in [0.29, 0.717) is 0 Å². The van der Waals surface area contributed by atoms with E-state index in [9.17, 15) is 4.79 Å². The smallest absolute Gasteiger partial charge is 0.251 e. The fourth-order valence-corrected chi connectivity index (χ4v) is 2.02. The van der Waals surface area contributed by atoms with Gasteiger partial charge in [-0.2, -0.15) is 9.67 Å². The quantitative estimate of drug-likeness (QED) is 0.725. The summed E-state index contributed by atoms with van der Waals surface area (Å²) < 4.78 is 1.47. The third-order valence-electron chi connectivity index (χ3n) is 3.09. The predicted octanol–water partition coefficient (Wildman–Crippen LogP) is 2.50. The average molecular weight is 305 g/mol. The van der Waals surface area contributed by atoms with E-state index >= 15 is 0 Å². The molecule has 6 nitrogen and oxygen atoms in total. The van der Waals surface area contributed by atoms with E-state index in [0.717, 1.165) is 11.3 Å². The van der Waals surface area contributed by atoms with Crippen molar-refractivity contribution in [2.24, 2.45) is 0 Å². The number of hydrogen-bond acceptors (Lipinski definition) is 4. The van der Waals surface area contributed by atoms with Gasteiger partial charge in [0, 0.05) is 6.08 Å². The van der Waals surface area contributed by atoms with Crippen LogP contribution in [0.1, 0.15) is 5.56 Å². The Kier molecular flexibility index (Phi) is 4.15. The van der Waals surface area contributed by atoms with Crippen LogP contribution in [-0.4, -0.2) is 20.7 Å².